The molecule has 1 aliphatic heterocycles. The third-order valence-electron chi connectivity index (χ3n) is 4.56. The smallest absolute Gasteiger partial charge is 0.257 e. The van der Waals surface area contributed by atoms with E-state index in [2.05, 4.69) is 20.1 Å². The Kier molecular flexibility index (Phi) is 3.77. The molecule has 1 atom stereocenters. The van der Waals surface area contributed by atoms with Gasteiger partial charge in [0.15, 0.2) is 5.82 Å². The van der Waals surface area contributed by atoms with Crippen LogP contribution in [0.3, 0.4) is 0 Å². The highest BCUT2D eigenvalue weighted by Crippen LogP contribution is 2.38. The number of carbonyl (C=O) groups excluding carboxylic acids is 1. The molecule has 0 radical (unpaired) electrons. The van der Waals surface area contributed by atoms with Gasteiger partial charge in [-0.05, 0) is 32.1 Å². The summed E-state index contributed by atoms with van der Waals surface area (Å²) in [5, 5.41) is 4.06. The molecule has 0 aromatic carbocycles. The molecule has 1 aliphatic carbocycles. The first-order valence-electron chi connectivity index (χ1n) is 8.20. The molecule has 0 N–H and O–H groups in total. The molecule has 7 heteroatoms. The van der Waals surface area contributed by atoms with Gasteiger partial charge in [0, 0.05) is 37.3 Å². The van der Waals surface area contributed by atoms with E-state index in [9.17, 15) is 4.79 Å². The van der Waals surface area contributed by atoms with Crippen LogP contribution in [-0.4, -0.2) is 43.5 Å². The van der Waals surface area contributed by atoms with E-state index in [-0.39, 0.29) is 11.9 Å². The lowest BCUT2D eigenvalue weighted by Crippen LogP contribution is -2.36. The van der Waals surface area contributed by atoms with E-state index in [4.69, 9.17) is 4.52 Å². The molecule has 120 valence electrons. The SMILES string of the molecule is O=C(c1cncnc1)N1CCCC1CCc1noc(C2CC2)n1. The second-order valence-electron chi connectivity index (χ2n) is 6.28. The van der Waals surface area contributed by atoms with Crippen LogP contribution in [0, 0.1) is 0 Å². The third-order valence-corrected chi connectivity index (χ3v) is 4.56. The number of nitrogens with zero attached hydrogens (tertiary/aromatic N) is 5. The van der Waals surface area contributed by atoms with Gasteiger partial charge in [-0.1, -0.05) is 5.16 Å². The Balaban J connectivity index is 1.38. The summed E-state index contributed by atoms with van der Waals surface area (Å²) >= 11 is 0. The lowest BCUT2D eigenvalue weighted by Gasteiger charge is -2.24. The Labute approximate surface area is 134 Å². The predicted molar refractivity (Wildman–Crippen MR) is 80.7 cm³/mol. The second-order valence-corrected chi connectivity index (χ2v) is 6.28. The molecule has 1 unspecified atom stereocenters. The van der Waals surface area contributed by atoms with Crippen LogP contribution in [0.2, 0.25) is 0 Å². The van der Waals surface area contributed by atoms with Gasteiger partial charge in [0.2, 0.25) is 5.89 Å². The molecule has 2 aromatic heterocycles. The molecule has 23 heavy (non-hydrogen) atoms. The van der Waals surface area contributed by atoms with Crippen molar-refractivity contribution in [3.8, 4) is 0 Å². The summed E-state index contributed by atoms with van der Waals surface area (Å²) in [6, 6.07) is 0.227. The molecule has 1 saturated carbocycles. The van der Waals surface area contributed by atoms with Gasteiger partial charge in [-0.15, -0.1) is 0 Å². The van der Waals surface area contributed by atoms with E-state index >= 15 is 0 Å². The Morgan fingerprint density at radius 3 is 2.87 bits per heavy atom. The predicted octanol–water partition coefficient (Wildman–Crippen LogP) is 1.97. The van der Waals surface area contributed by atoms with Gasteiger partial charge in [0.25, 0.3) is 5.91 Å². The zero-order valence-corrected chi connectivity index (χ0v) is 12.9. The maximum Gasteiger partial charge on any atom is 0.257 e. The second kappa shape index (κ2) is 6.06. The van der Waals surface area contributed by atoms with Gasteiger partial charge in [-0.25, -0.2) is 9.97 Å². The van der Waals surface area contributed by atoms with Crippen molar-refractivity contribution in [1.82, 2.24) is 25.0 Å². The minimum atomic E-state index is 0.0138. The Hall–Kier alpha value is -2.31. The van der Waals surface area contributed by atoms with Gasteiger partial charge >= 0.3 is 0 Å². The van der Waals surface area contributed by atoms with Gasteiger partial charge < -0.3 is 9.42 Å². The molecule has 2 fully saturated rings. The van der Waals surface area contributed by atoms with Gasteiger partial charge in [-0.2, -0.15) is 4.98 Å². The average molecular weight is 313 g/mol. The number of amides is 1. The molecule has 2 aromatic rings. The molecular formula is C16H19N5O2. The maximum atomic E-state index is 12.6. The molecule has 0 spiro atoms. The summed E-state index contributed by atoms with van der Waals surface area (Å²) in [7, 11) is 0. The molecule has 7 nitrogen and oxygen atoms in total. The number of hydrogen-bond acceptors (Lipinski definition) is 6. The van der Waals surface area contributed by atoms with E-state index in [1.807, 2.05) is 4.90 Å². The summed E-state index contributed by atoms with van der Waals surface area (Å²) in [6.45, 7) is 0.790. The normalized spacial score (nSPS) is 20.9. The molecule has 1 amide bonds. The van der Waals surface area contributed by atoms with Gasteiger partial charge in [0.1, 0.15) is 6.33 Å². The number of carbonyl (C=O) groups is 1. The fourth-order valence-corrected chi connectivity index (χ4v) is 3.14. The number of likely N-dealkylation sites (tertiary alicyclic amines) is 1. The van der Waals surface area contributed by atoms with E-state index in [1.54, 1.807) is 12.4 Å². The summed E-state index contributed by atoms with van der Waals surface area (Å²) in [6.07, 6.45) is 10.6. The van der Waals surface area contributed by atoms with Crippen LogP contribution in [0.1, 0.15) is 60.1 Å². The van der Waals surface area contributed by atoms with Crippen molar-refractivity contribution in [1.29, 1.82) is 0 Å². The van der Waals surface area contributed by atoms with E-state index < -0.39 is 0 Å². The molecule has 0 bridgehead atoms. The quantitative estimate of drug-likeness (QED) is 0.839. The molecule has 4 rings (SSSR count). The van der Waals surface area contributed by atoms with Crippen molar-refractivity contribution in [2.24, 2.45) is 0 Å². The minimum Gasteiger partial charge on any atom is -0.339 e. The van der Waals surface area contributed by atoms with Crippen molar-refractivity contribution >= 4 is 5.91 Å². The van der Waals surface area contributed by atoms with Crippen LogP contribution < -0.4 is 0 Å². The zero-order chi connectivity index (χ0) is 15.6. The molecule has 1 saturated heterocycles. The van der Waals surface area contributed by atoms with E-state index in [0.717, 1.165) is 56.8 Å². The summed E-state index contributed by atoms with van der Waals surface area (Å²) in [4.78, 5) is 26.8. The highest BCUT2D eigenvalue weighted by atomic mass is 16.5. The Morgan fingerprint density at radius 1 is 1.26 bits per heavy atom. The van der Waals surface area contributed by atoms with Crippen LogP contribution in [-0.2, 0) is 6.42 Å². The molecule has 3 heterocycles. The largest absolute Gasteiger partial charge is 0.339 e. The average Bonchev–Trinajstić information content (AvgIpc) is 3.15. The number of rotatable bonds is 5. The lowest BCUT2D eigenvalue weighted by atomic mass is 10.1. The first-order valence-corrected chi connectivity index (χ1v) is 8.20. The maximum absolute atomic E-state index is 12.6. The van der Waals surface area contributed by atoms with Crippen molar-refractivity contribution in [3.63, 3.8) is 0 Å². The highest BCUT2D eigenvalue weighted by molar-refractivity contribution is 5.94. The first-order chi connectivity index (χ1) is 11.3. The van der Waals surface area contributed by atoms with Gasteiger partial charge in [0.05, 0.1) is 5.56 Å². The summed E-state index contributed by atoms with van der Waals surface area (Å²) < 4.78 is 5.29. The topological polar surface area (TPSA) is 85.0 Å². The zero-order valence-electron chi connectivity index (χ0n) is 12.9. The monoisotopic (exact) mass is 313 g/mol. The number of aryl methyl sites for hydroxylation is 1. The molecular weight excluding hydrogens is 294 g/mol. The van der Waals surface area contributed by atoms with Crippen molar-refractivity contribution in [2.45, 2.75) is 50.5 Å². The van der Waals surface area contributed by atoms with Crippen LogP contribution >= 0.6 is 0 Å². The van der Waals surface area contributed by atoms with E-state index in [1.165, 1.54) is 6.33 Å². The van der Waals surface area contributed by atoms with Crippen molar-refractivity contribution in [3.05, 3.63) is 36.0 Å². The fourth-order valence-electron chi connectivity index (χ4n) is 3.14. The van der Waals surface area contributed by atoms with Crippen LogP contribution in [0.4, 0.5) is 0 Å². The minimum absolute atomic E-state index is 0.0138. The Morgan fingerprint density at radius 2 is 2.09 bits per heavy atom. The van der Waals surface area contributed by atoms with Crippen LogP contribution in [0.5, 0.6) is 0 Å². The van der Waals surface area contributed by atoms with Crippen LogP contribution in [0.15, 0.2) is 23.2 Å². The van der Waals surface area contributed by atoms with Crippen LogP contribution in [0.25, 0.3) is 0 Å². The Bertz CT molecular complexity index is 683. The highest BCUT2D eigenvalue weighted by Gasteiger charge is 2.31. The lowest BCUT2D eigenvalue weighted by molar-refractivity contribution is 0.0729. The number of hydrogen-bond donors (Lipinski definition) is 0. The van der Waals surface area contributed by atoms with Crippen molar-refractivity contribution < 1.29 is 9.32 Å². The third kappa shape index (κ3) is 3.09. The fraction of sp³-hybridized carbons (Fsp3) is 0.562. The summed E-state index contributed by atoms with van der Waals surface area (Å²) in [5.74, 6) is 2.04. The van der Waals surface area contributed by atoms with Crippen molar-refractivity contribution in [2.75, 3.05) is 6.54 Å². The standard InChI is InChI=1S/C16H19N5O2/c22-16(12-8-17-10-18-9-12)21-7-1-2-13(21)5-6-14-19-15(23-20-14)11-3-4-11/h8-11,13H,1-7H2. The van der Waals surface area contributed by atoms with E-state index in [0.29, 0.717) is 11.5 Å². The first kappa shape index (κ1) is 14.3. The number of aromatic nitrogens is 4. The molecule has 2 aliphatic rings. The summed E-state index contributed by atoms with van der Waals surface area (Å²) in [5.41, 5.74) is 0.551. The van der Waals surface area contributed by atoms with Gasteiger partial charge in [-0.3, -0.25) is 4.79 Å².